The first-order chi connectivity index (χ1) is 10.8. The molecular weight excluding hydrogens is 266 g/mol. The predicted molar refractivity (Wildman–Crippen MR) is 99.9 cm³/mol. The summed E-state index contributed by atoms with van der Waals surface area (Å²) in [4.78, 5) is 0. The van der Waals surface area contributed by atoms with E-state index in [0.29, 0.717) is 0 Å². The van der Waals surface area contributed by atoms with Gasteiger partial charge in [-0.25, -0.2) is 0 Å². The maximum atomic E-state index is 3.39. The molecule has 0 radical (unpaired) electrons. The van der Waals surface area contributed by atoms with Crippen molar-refractivity contribution in [2.75, 3.05) is 5.32 Å². The van der Waals surface area contributed by atoms with Crippen molar-refractivity contribution in [2.24, 2.45) is 0 Å². The third-order valence-electron chi connectivity index (χ3n) is 3.32. The van der Waals surface area contributed by atoms with Crippen LogP contribution in [-0.2, 0) is 0 Å². The summed E-state index contributed by atoms with van der Waals surface area (Å²) in [5.41, 5.74) is 4.94. The standard InChI is InChI=1S/C19H21N.C2H6/c1-3-16(4-2)19(17-11-7-5-8-12-17)15-20-18-13-9-6-10-14-18;1-2/h3,5-15,20H,4H2,1-2H3;1-2H3/b16-3-,19-15+;. The largest absolute Gasteiger partial charge is 0.361 e. The molecule has 0 fully saturated rings. The lowest BCUT2D eigenvalue weighted by Crippen LogP contribution is -1.95. The Hall–Kier alpha value is -2.28. The highest BCUT2D eigenvalue weighted by atomic mass is 14.8. The van der Waals surface area contributed by atoms with Gasteiger partial charge in [-0.1, -0.05) is 75.4 Å². The second-order valence-electron chi connectivity index (χ2n) is 4.60. The van der Waals surface area contributed by atoms with E-state index in [1.807, 2.05) is 38.1 Å². The molecule has 0 saturated heterocycles. The average Bonchev–Trinajstić information content (AvgIpc) is 2.62. The molecule has 0 heterocycles. The Balaban J connectivity index is 0.00000116. The number of nitrogens with one attached hydrogen (secondary N) is 1. The molecule has 0 aliphatic heterocycles. The lowest BCUT2D eigenvalue weighted by Gasteiger charge is -2.12. The third kappa shape index (κ3) is 5.25. The Labute approximate surface area is 135 Å². The summed E-state index contributed by atoms with van der Waals surface area (Å²) in [5.74, 6) is 0. The lowest BCUT2D eigenvalue weighted by atomic mass is 9.97. The van der Waals surface area contributed by atoms with Crippen molar-refractivity contribution in [1.29, 1.82) is 0 Å². The van der Waals surface area contributed by atoms with E-state index in [0.717, 1.165) is 12.1 Å². The Bertz CT molecular complexity index is 580. The molecule has 0 amide bonds. The number of para-hydroxylation sites is 1. The van der Waals surface area contributed by atoms with Crippen LogP contribution in [0.2, 0.25) is 0 Å². The Morgan fingerprint density at radius 1 is 0.909 bits per heavy atom. The fraction of sp³-hybridized carbons (Fsp3) is 0.238. The van der Waals surface area contributed by atoms with Gasteiger partial charge in [-0.15, -0.1) is 0 Å². The molecule has 0 aliphatic carbocycles. The second kappa shape index (κ2) is 10.4. The molecule has 1 N–H and O–H groups in total. The quantitative estimate of drug-likeness (QED) is 0.618. The highest BCUT2D eigenvalue weighted by Gasteiger charge is 2.05. The number of hydrogen-bond acceptors (Lipinski definition) is 1. The van der Waals surface area contributed by atoms with Crippen molar-refractivity contribution in [1.82, 2.24) is 0 Å². The molecule has 1 nitrogen and oxygen atoms in total. The van der Waals surface area contributed by atoms with Crippen LogP contribution in [0.5, 0.6) is 0 Å². The minimum atomic E-state index is 1.02. The number of benzene rings is 2. The van der Waals surface area contributed by atoms with Crippen LogP contribution < -0.4 is 5.32 Å². The van der Waals surface area contributed by atoms with Gasteiger partial charge in [0, 0.05) is 17.5 Å². The zero-order valence-electron chi connectivity index (χ0n) is 14.1. The summed E-state index contributed by atoms with van der Waals surface area (Å²) in [7, 11) is 0. The molecule has 2 rings (SSSR count). The molecule has 0 spiro atoms. The van der Waals surface area contributed by atoms with E-state index in [2.05, 4.69) is 67.8 Å². The molecule has 0 unspecified atom stereocenters. The van der Waals surface area contributed by atoms with Gasteiger partial charge >= 0.3 is 0 Å². The molecule has 0 aromatic heterocycles. The summed E-state index contributed by atoms with van der Waals surface area (Å²) in [6.45, 7) is 8.28. The van der Waals surface area contributed by atoms with Gasteiger partial charge in [0.05, 0.1) is 0 Å². The predicted octanol–water partition coefficient (Wildman–Crippen LogP) is 6.52. The Kier molecular flexibility index (Phi) is 8.44. The van der Waals surface area contributed by atoms with Gasteiger partial charge in [-0.3, -0.25) is 0 Å². The van der Waals surface area contributed by atoms with Crippen LogP contribution >= 0.6 is 0 Å². The van der Waals surface area contributed by atoms with Crippen molar-refractivity contribution >= 4 is 11.3 Å². The maximum Gasteiger partial charge on any atom is 0.0379 e. The van der Waals surface area contributed by atoms with Crippen LogP contribution in [0.25, 0.3) is 5.57 Å². The van der Waals surface area contributed by atoms with Crippen LogP contribution in [-0.4, -0.2) is 0 Å². The molecule has 116 valence electrons. The number of anilines is 1. The van der Waals surface area contributed by atoms with Crippen molar-refractivity contribution in [3.05, 3.63) is 84.1 Å². The zero-order valence-corrected chi connectivity index (χ0v) is 14.1. The van der Waals surface area contributed by atoms with Crippen molar-refractivity contribution in [3.8, 4) is 0 Å². The van der Waals surface area contributed by atoms with Crippen LogP contribution in [0.15, 0.2) is 78.5 Å². The SMILES string of the molecule is C/C=C(CC)\C(=C/Nc1ccccc1)c1ccccc1.CC. The minimum Gasteiger partial charge on any atom is -0.361 e. The molecule has 22 heavy (non-hydrogen) atoms. The van der Waals surface area contributed by atoms with Gasteiger partial charge in [0.15, 0.2) is 0 Å². The van der Waals surface area contributed by atoms with E-state index in [-0.39, 0.29) is 0 Å². The van der Waals surface area contributed by atoms with Crippen LogP contribution in [0.4, 0.5) is 5.69 Å². The van der Waals surface area contributed by atoms with Crippen LogP contribution in [0.3, 0.4) is 0 Å². The number of rotatable bonds is 5. The first kappa shape index (κ1) is 17.8. The van der Waals surface area contributed by atoms with Crippen molar-refractivity contribution in [3.63, 3.8) is 0 Å². The van der Waals surface area contributed by atoms with E-state index in [9.17, 15) is 0 Å². The second-order valence-corrected chi connectivity index (χ2v) is 4.60. The van der Waals surface area contributed by atoms with E-state index in [1.165, 1.54) is 16.7 Å². The lowest BCUT2D eigenvalue weighted by molar-refractivity contribution is 1.15. The van der Waals surface area contributed by atoms with Crippen molar-refractivity contribution in [2.45, 2.75) is 34.1 Å². The molecular formula is C21H27N. The highest BCUT2D eigenvalue weighted by Crippen LogP contribution is 2.25. The normalized spacial score (nSPS) is 11.5. The smallest absolute Gasteiger partial charge is 0.0379 e. The molecule has 0 atom stereocenters. The molecule has 1 heteroatoms. The Morgan fingerprint density at radius 2 is 1.45 bits per heavy atom. The average molecular weight is 293 g/mol. The van der Waals surface area contributed by atoms with Crippen LogP contribution in [0, 0.1) is 0 Å². The van der Waals surface area contributed by atoms with Gasteiger partial charge in [0.2, 0.25) is 0 Å². The van der Waals surface area contributed by atoms with Gasteiger partial charge in [0.25, 0.3) is 0 Å². The molecule has 2 aromatic rings. The monoisotopic (exact) mass is 293 g/mol. The fourth-order valence-electron chi connectivity index (χ4n) is 2.22. The van der Waals surface area contributed by atoms with Crippen molar-refractivity contribution < 1.29 is 0 Å². The zero-order chi connectivity index (χ0) is 16.2. The highest BCUT2D eigenvalue weighted by molar-refractivity contribution is 5.80. The van der Waals surface area contributed by atoms with Gasteiger partial charge in [-0.2, -0.15) is 0 Å². The summed E-state index contributed by atoms with van der Waals surface area (Å²) in [5, 5.41) is 3.39. The van der Waals surface area contributed by atoms with Gasteiger partial charge < -0.3 is 5.32 Å². The molecule has 0 saturated carbocycles. The summed E-state index contributed by atoms with van der Waals surface area (Å²) >= 11 is 0. The maximum absolute atomic E-state index is 3.39. The number of hydrogen-bond donors (Lipinski definition) is 1. The first-order valence-electron chi connectivity index (χ1n) is 8.08. The van der Waals surface area contributed by atoms with Crippen LogP contribution in [0.1, 0.15) is 39.7 Å². The van der Waals surface area contributed by atoms with E-state index in [1.54, 1.807) is 0 Å². The number of allylic oxidation sites excluding steroid dienone is 3. The Morgan fingerprint density at radius 3 is 1.95 bits per heavy atom. The third-order valence-corrected chi connectivity index (χ3v) is 3.32. The fourth-order valence-corrected chi connectivity index (χ4v) is 2.22. The van der Waals surface area contributed by atoms with E-state index >= 15 is 0 Å². The summed E-state index contributed by atoms with van der Waals surface area (Å²) in [6.07, 6.45) is 5.31. The minimum absolute atomic E-state index is 1.02. The molecule has 0 bridgehead atoms. The topological polar surface area (TPSA) is 12.0 Å². The van der Waals surface area contributed by atoms with Gasteiger partial charge in [0.1, 0.15) is 0 Å². The molecule has 2 aromatic carbocycles. The van der Waals surface area contributed by atoms with E-state index in [4.69, 9.17) is 0 Å². The first-order valence-corrected chi connectivity index (χ1v) is 8.08. The molecule has 0 aliphatic rings. The summed E-state index contributed by atoms with van der Waals surface area (Å²) < 4.78 is 0. The van der Waals surface area contributed by atoms with Gasteiger partial charge in [-0.05, 0) is 36.6 Å². The summed E-state index contributed by atoms with van der Waals surface area (Å²) in [6, 6.07) is 20.7. The van der Waals surface area contributed by atoms with E-state index < -0.39 is 0 Å².